The number of hydrogen-bond acceptors (Lipinski definition) is 4. The highest BCUT2D eigenvalue weighted by Gasteiger charge is 2.03. The molecule has 0 bridgehead atoms. The van der Waals surface area contributed by atoms with Crippen molar-refractivity contribution >= 4 is 29.3 Å². The summed E-state index contributed by atoms with van der Waals surface area (Å²) in [5.74, 6) is -0.797. The van der Waals surface area contributed by atoms with Gasteiger partial charge in [0, 0.05) is 15.8 Å². The van der Waals surface area contributed by atoms with Crippen molar-refractivity contribution in [2.45, 2.75) is 0 Å². The molecule has 1 N–H and O–H groups in total. The molecule has 0 spiro atoms. The Labute approximate surface area is 127 Å². The molecule has 4 nitrogen and oxygen atoms in total. The van der Waals surface area contributed by atoms with E-state index in [1.807, 2.05) is 42.5 Å². The van der Waals surface area contributed by atoms with Gasteiger partial charge in [0.1, 0.15) is 6.54 Å². The van der Waals surface area contributed by atoms with Crippen LogP contribution in [0.15, 0.2) is 48.5 Å². The third-order valence-electron chi connectivity index (χ3n) is 2.72. The fourth-order valence-corrected chi connectivity index (χ4v) is 2.56. The lowest BCUT2D eigenvalue weighted by molar-refractivity contribution is -0.140. The van der Waals surface area contributed by atoms with Crippen LogP contribution in [0.5, 0.6) is 0 Å². The van der Waals surface area contributed by atoms with Gasteiger partial charge in [-0.1, -0.05) is 30.3 Å². The molecule has 5 heteroatoms. The Kier molecular flexibility index (Phi) is 5.29. The SMILES string of the molecule is COC(=O)CNC(=O)/C=C/c1ccc(-c2ccccc2)s1. The Morgan fingerprint density at radius 3 is 2.67 bits per heavy atom. The van der Waals surface area contributed by atoms with Crippen molar-refractivity contribution in [3.05, 3.63) is 53.4 Å². The summed E-state index contributed by atoms with van der Waals surface area (Å²) in [7, 11) is 1.28. The minimum Gasteiger partial charge on any atom is -0.468 e. The summed E-state index contributed by atoms with van der Waals surface area (Å²) in [6, 6.07) is 14.0. The quantitative estimate of drug-likeness (QED) is 0.682. The molecular formula is C16H15NO3S. The molecule has 0 saturated carbocycles. The fourth-order valence-electron chi connectivity index (χ4n) is 1.65. The lowest BCUT2D eigenvalue weighted by Crippen LogP contribution is -2.28. The average Bonchev–Trinajstić information content (AvgIpc) is 3.00. The monoisotopic (exact) mass is 301 g/mol. The first-order chi connectivity index (χ1) is 10.2. The van der Waals surface area contributed by atoms with E-state index in [1.54, 1.807) is 17.4 Å². The highest BCUT2D eigenvalue weighted by atomic mass is 32.1. The molecule has 21 heavy (non-hydrogen) atoms. The van der Waals surface area contributed by atoms with E-state index in [0.29, 0.717) is 0 Å². The summed E-state index contributed by atoms with van der Waals surface area (Å²) in [5, 5.41) is 2.45. The fraction of sp³-hybridized carbons (Fsp3) is 0.125. The van der Waals surface area contributed by atoms with E-state index in [2.05, 4.69) is 10.1 Å². The van der Waals surface area contributed by atoms with E-state index in [0.717, 1.165) is 15.3 Å². The lowest BCUT2D eigenvalue weighted by Gasteiger charge is -1.99. The molecule has 2 rings (SSSR count). The molecule has 0 radical (unpaired) electrons. The number of amides is 1. The number of nitrogens with one attached hydrogen (secondary N) is 1. The maximum atomic E-state index is 11.5. The van der Waals surface area contributed by atoms with Gasteiger partial charge in [-0.2, -0.15) is 0 Å². The average molecular weight is 301 g/mol. The van der Waals surface area contributed by atoms with Gasteiger partial charge < -0.3 is 10.1 Å². The minimum absolute atomic E-state index is 0.126. The first-order valence-electron chi connectivity index (χ1n) is 6.37. The molecule has 2 aromatic rings. The van der Waals surface area contributed by atoms with E-state index in [1.165, 1.54) is 13.2 Å². The number of esters is 1. The number of carbonyl (C=O) groups excluding carboxylic acids is 2. The zero-order valence-electron chi connectivity index (χ0n) is 11.5. The van der Waals surface area contributed by atoms with Crippen LogP contribution in [0.2, 0.25) is 0 Å². The molecule has 1 aromatic heterocycles. The van der Waals surface area contributed by atoms with Crippen LogP contribution < -0.4 is 5.32 Å². The first kappa shape index (κ1) is 15.0. The zero-order valence-corrected chi connectivity index (χ0v) is 12.4. The van der Waals surface area contributed by atoms with E-state index in [9.17, 15) is 9.59 Å². The standard InChI is InChI=1S/C16H15NO3S/c1-20-16(19)11-17-15(18)10-8-13-7-9-14(21-13)12-5-3-2-4-6-12/h2-10H,11H2,1H3,(H,17,18)/b10-8+. The highest BCUT2D eigenvalue weighted by molar-refractivity contribution is 7.16. The van der Waals surface area contributed by atoms with Crippen LogP contribution in [0.1, 0.15) is 4.88 Å². The van der Waals surface area contributed by atoms with Gasteiger partial charge in [-0.05, 0) is 23.8 Å². The van der Waals surface area contributed by atoms with Crippen molar-refractivity contribution in [2.75, 3.05) is 13.7 Å². The van der Waals surface area contributed by atoms with Gasteiger partial charge in [-0.15, -0.1) is 11.3 Å². The van der Waals surface area contributed by atoms with Crippen LogP contribution in [0.3, 0.4) is 0 Å². The smallest absolute Gasteiger partial charge is 0.325 e. The van der Waals surface area contributed by atoms with E-state index in [-0.39, 0.29) is 12.5 Å². The first-order valence-corrected chi connectivity index (χ1v) is 7.18. The van der Waals surface area contributed by atoms with E-state index >= 15 is 0 Å². The second-order valence-corrected chi connectivity index (χ2v) is 5.31. The Hall–Kier alpha value is -2.40. The van der Waals surface area contributed by atoms with Crippen LogP contribution in [-0.2, 0) is 14.3 Å². The molecule has 0 saturated heterocycles. The van der Waals surface area contributed by atoms with Crippen LogP contribution in [0, 0.1) is 0 Å². The summed E-state index contributed by atoms with van der Waals surface area (Å²) in [6.45, 7) is -0.126. The highest BCUT2D eigenvalue weighted by Crippen LogP contribution is 2.28. The van der Waals surface area contributed by atoms with Crippen molar-refractivity contribution in [1.29, 1.82) is 0 Å². The summed E-state index contributed by atoms with van der Waals surface area (Å²) < 4.78 is 4.44. The molecule has 0 atom stereocenters. The van der Waals surface area contributed by atoms with E-state index in [4.69, 9.17) is 0 Å². The predicted molar refractivity (Wildman–Crippen MR) is 83.8 cm³/mol. The topological polar surface area (TPSA) is 55.4 Å². The third kappa shape index (κ3) is 4.57. The number of ether oxygens (including phenoxy) is 1. The van der Waals surface area contributed by atoms with Crippen LogP contribution in [0.25, 0.3) is 16.5 Å². The summed E-state index contributed by atoms with van der Waals surface area (Å²) >= 11 is 1.60. The van der Waals surface area contributed by atoms with Gasteiger partial charge in [-0.25, -0.2) is 0 Å². The summed E-state index contributed by atoms with van der Waals surface area (Å²) in [4.78, 5) is 24.5. The largest absolute Gasteiger partial charge is 0.468 e. The molecule has 1 amide bonds. The number of methoxy groups -OCH3 is 1. The Morgan fingerprint density at radius 1 is 1.19 bits per heavy atom. The van der Waals surface area contributed by atoms with Crippen LogP contribution in [-0.4, -0.2) is 25.5 Å². The van der Waals surface area contributed by atoms with Crippen molar-refractivity contribution in [1.82, 2.24) is 5.32 Å². The van der Waals surface area contributed by atoms with Crippen molar-refractivity contribution in [3.8, 4) is 10.4 Å². The number of thiophene rings is 1. The Bertz CT molecular complexity index is 647. The van der Waals surface area contributed by atoms with Gasteiger partial charge in [0.05, 0.1) is 7.11 Å². The maximum absolute atomic E-state index is 11.5. The minimum atomic E-state index is -0.473. The number of carbonyl (C=O) groups is 2. The van der Waals surface area contributed by atoms with E-state index < -0.39 is 5.97 Å². The number of hydrogen-bond donors (Lipinski definition) is 1. The number of rotatable bonds is 5. The van der Waals surface area contributed by atoms with Crippen molar-refractivity contribution in [2.24, 2.45) is 0 Å². The number of benzene rings is 1. The zero-order chi connectivity index (χ0) is 15.1. The summed E-state index contributed by atoms with van der Waals surface area (Å²) in [5.41, 5.74) is 1.15. The second kappa shape index (κ2) is 7.40. The van der Waals surface area contributed by atoms with Crippen molar-refractivity contribution < 1.29 is 14.3 Å². The van der Waals surface area contributed by atoms with Crippen molar-refractivity contribution in [3.63, 3.8) is 0 Å². The van der Waals surface area contributed by atoms with Gasteiger partial charge in [-0.3, -0.25) is 9.59 Å². The van der Waals surface area contributed by atoms with Crippen LogP contribution in [0.4, 0.5) is 0 Å². The maximum Gasteiger partial charge on any atom is 0.325 e. The Balaban J connectivity index is 1.95. The van der Waals surface area contributed by atoms with Crippen LogP contribution >= 0.6 is 11.3 Å². The van der Waals surface area contributed by atoms with Gasteiger partial charge in [0.15, 0.2) is 0 Å². The molecule has 0 aliphatic heterocycles. The normalized spacial score (nSPS) is 10.5. The predicted octanol–water partition coefficient (Wildman–Crippen LogP) is 2.72. The molecule has 1 heterocycles. The molecule has 0 fully saturated rings. The molecule has 0 aliphatic carbocycles. The molecular weight excluding hydrogens is 286 g/mol. The molecule has 0 unspecified atom stereocenters. The molecule has 1 aromatic carbocycles. The third-order valence-corrected chi connectivity index (χ3v) is 3.82. The van der Waals surface area contributed by atoms with Gasteiger partial charge in [0.2, 0.25) is 5.91 Å². The molecule has 108 valence electrons. The summed E-state index contributed by atoms with van der Waals surface area (Å²) in [6.07, 6.45) is 3.13. The Morgan fingerprint density at radius 2 is 1.95 bits per heavy atom. The second-order valence-electron chi connectivity index (χ2n) is 4.20. The van der Waals surface area contributed by atoms with Gasteiger partial charge in [0.25, 0.3) is 0 Å². The lowest BCUT2D eigenvalue weighted by atomic mass is 10.2. The van der Waals surface area contributed by atoms with Gasteiger partial charge >= 0.3 is 5.97 Å². The molecule has 0 aliphatic rings.